The second kappa shape index (κ2) is 7.71. The zero-order valence-corrected chi connectivity index (χ0v) is 11.0. The molecule has 2 heterocycles. The van der Waals surface area contributed by atoms with Crippen LogP contribution in [0.15, 0.2) is 0 Å². The summed E-state index contributed by atoms with van der Waals surface area (Å²) >= 11 is 0. The number of hydrogen-bond acceptors (Lipinski definition) is 4. The van der Waals surface area contributed by atoms with Crippen LogP contribution in [-0.2, 0) is 14.3 Å². The molecule has 2 rings (SSSR count). The quantitative estimate of drug-likeness (QED) is 0.677. The summed E-state index contributed by atoms with van der Waals surface area (Å²) in [5.41, 5.74) is 0. The van der Waals surface area contributed by atoms with Crippen LogP contribution >= 0.6 is 0 Å². The van der Waals surface area contributed by atoms with Crippen LogP contribution in [0, 0.1) is 0 Å². The third-order valence-corrected chi connectivity index (χ3v) is 3.46. The largest absolute Gasteiger partial charge is 0.378 e. The maximum Gasteiger partial charge on any atom is 0.222 e. The highest BCUT2D eigenvalue weighted by atomic mass is 16.5. The van der Waals surface area contributed by atoms with Crippen molar-refractivity contribution in [1.29, 1.82) is 0 Å². The van der Waals surface area contributed by atoms with Crippen molar-refractivity contribution in [2.45, 2.75) is 44.2 Å². The first-order valence-corrected chi connectivity index (χ1v) is 7.04. The van der Waals surface area contributed by atoms with Gasteiger partial charge < -0.3 is 20.1 Å². The minimum atomic E-state index is 0.0936. The molecule has 1 unspecified atom stereocenters. The van der Waals surface area contributed by atoms with Gasteiger partial charge >= 0.3 is 0 Å². The SMILES string of the molecule is O=C(CCOCC1CCCO1)N[C@H]1CCCNC1. The molecule has 2 aliphatic rings. The molecule has 104 valence electrons. The second-order valence-corrected chi connectivity index (χ2v) is 5.07. The molecule has 2 saturated heterocycles. The minimum Gasteiger partial charge on any atom is -0.378 e. The number of piperidine rings is 1. The van der Waals surface area contributed by atoms with Gasteiger partial charge in [0, 0.05) is 25.6 Å². The third kappa shape index (κ3) is 4.92. The van der Waals surface area contributed by atoms with Crippen LogP contribution in [0.3, 0.4) is 0 Å². The van der Waals surface area contributed by atoms with Gasteiger partial charge in [-0.3, -0.25) is 4.79 Å². The monoisotopic (exact) mass is 256 g/mol. The second-order valence-electron chi connectivity index (χ2n) is 5.07. The Labute approximate surface area is 109 Å². The van der Waals surface area contributed by atoms with Crippen LogP contribution in [-0.4, -0.2) is 51.0 Å². The molecule has 2 aliphatic heterocycles. The number of carbonyl (C=O) groups is 1. The minimum absolute atomic E-state index is 0.0936. The van der Waals surface area contributed by atoms with Crippen LogP contribution < -0.4 is 10.6 Å². The molecule has 0 radical (unpaired) electrons. The molecule has 0 bridgehead atoms. The van der Waals surface area contributed by atoms with Gasteiger partial charge in [0.15, 0.2) is 0 Å². The van der Waals surface area contributed by atoms with Crippen molar-refractivity contribution >= 4 is 5.91 Å². The molecule has 0 aromatic carbocycles. The molecule has 2 N–H and O–H groups in total. The summed E-state index contributed by atoms with van der Waals surface area (Å²) in [4.78, 5) is 11.7. The van der Waals surface area contributed by atoms with E-state index in [0.717, 1.165) is 45.4 Å². The summed E-state index contributed by atoms with van der Waals surface area (Å²) in [5.74, 6) is 0.0936. The molecular weight excluding hydrogens is 232 g/mol. The van der Waals surface area contributed by atoms with Crippen LogP contribution in [0.4, 0.5) is 0 Å². The van der Waals surface area contributed by atoms with Crippen molar-refractivity contribution in [3.8, 4) is 0 Å². The van der Waals surface area contributed by atoms with Crippen LogP contribution in [0.1, 0.15) is 32.1 Å². The average Bonchev–Trinajstić information content (AvgIpc) is 2.89. The van der Waals surface area contributed by atoms with E-state index in [1.807, 2.05) is 0 Å². The van der Waals surface area contributed by atoms with Gasteiger partial charge in [0.2, 0.25) is 5.91 Å². The summed E-state index contributed by atoms with van der Waals surface area (Å²) in [7, 11) is 0. The highest BCUT2D eigenvalue weighted by Gasteiger charge is 2.17. The lowest BCUT2D eigenvalue weighted by Gasteiger charge is -2.23. The van der Waals surface area contributed by atoms with Crippen molar-refractivity contribution in [1.82, 2.24) is 10.6 Å². The van der Waals surface area contributed by atoms with Gasteiger partial charge in [0.25, 0.3) is 0 Å². The molecule has 5 heteroatoms. The summed E-state index contributed by atoms with van der Waals surface area (Å²) < 4.78 is 10.9. The molecular formula is C13H24N2O3. The fourth-order valence-corrected chi connectivity index (χ4v) is 2.43. The smallest absolute Gasteiger partial charge is 0.222 e. The molecule has 0 aromatic heterocycles. The number of ether oxygens (including phenoxy) is 2. The Morgan fingerprint density at radius 2 is 2.33 bits per heavy atom. The summed E-state index contributed by atoms with van der Waals surface area (Å²) in [6.07, 6.45) is 5.12. The fourth-order valence-electron chi connectivity index (χ4n) is 2.43. The normalized spacial score (nSPS) is 28.2. The van der Waals surface area contributed by atoms with Gasteiger partial charge in [-0.15, -0.1) is 0 Å². The molecule has 18 heavy (non-hydrogen) atoms. The number of rotatable bonds is 6. The number of amides is 1. The van der Waals surface area contributed by atoms with Gasteiger partial charge in [-0.05, 0) is 32.2 Å². The molecule has 2 fully saturated rings. The van der Waals surface area contributed by atoms with E-state index in [-0.39, 0.29) is 12.0 Å². The zero-order valence-electron chi connectivity index (χ0n) is 11.0. The van der Waals surface area contributed by atoms with Crippen molar-refractivity contribution in [3.63, 3.8) is 0 Å². The fraction of sp³-hybridized carbons (Fsp3) is 0.923. The number of carbonyl (C=O) groups excluding carboxylic acids is 1. The van der Waals surface area contributed by atoms with Crippen LogP contribution in [0.5, 0.6) is 0 Å². The van der Waals surface area contributed by atoms with Gasteiger partial charge in [-0.25, -0.2) is 0 Å². The van der Waals surface area contributed by atoms with E-state index in [0.29, 0.717) is 25.7 Å². The first-order valence-electron chi connectivity index (χ1n) is 7.04. The summed E-state index contributed by atoms with van der Waals surface area (Å²) in [5, 5.41) is 6.32. The van der Waals surface area contributed by atoms with Gasteiger partial charge in [-0.2, -0.15) is 0 Å². The van der Waals surface area contributed by atoms with E-state index < -0.39 is 0 Å². The lowest BCUT2D eigenvalue weighted by Crippen LogP contribution is -2.45. The Hall–Kier alpha value is -0.650. The zero-order chi connectivity index (χ0) is 12.6. The van der Waals surface area contributed by atoms with E-state index in [2.05, 4.69) is 10.6 Å². The third-order valence-electron chi connectivity index (χ3n) is 3.46. The van der Waals surface area contributed by atoms with Crippen molar-refractivity contribution < 1.29 is 14.3 Å². The Morgan fingerprint density at radius 1 is 1.39 bits per heavy atom. The van der Waals surface area contributed by atoms with E-state index >= 15 is 0 Å². The van der Waals surface area contributed by atoms with Crippen molar-refractivity contribution in [2.24, 2.45) is 0 Å². The van der Waals surface area contributed by atoms with Crippen molar-refractivity contribution in [3.05, 3.63) is 0 Å². The Balaban J connectivity index is 1.48. The first kappa shape index (κ1) is 13.8. The maximum absolute atomic E-state index is 11.7. The summed E-state index contributed by atoms with van der Waals surface area (Å²) in [6.45, 7) is 3.92. The standard InChI is InChI=1S/C13H24N2O3/c16-13(15-11-3-1-6-14-9-11)5-8-17-10-12-4-2-7-18-12/h11-12,14H,1-10H2,(H,15,16)/t11-,12?/m0/s1. The Kier molecular flexibility index (Phi) is 5.90. The van der Waals surface area contributed by atoms with Gasteiger partial charge in [-0.1, -0.05) is 0 Å². The predicted molar refractivity (Wildman–Crippen MR) is 68.4 cm³/mol. The average molecular weight is 256 g/mol. The molecule has 0 aromatic rings. The van der Waals surface area contributed by atoms with Crippen LogP contribution in [0.2, 0.25) is 0 Å². The molecule has 0 spiro atoms. The van der Waals surface area contributed by atoms with E-state index in [1.54, 1.807) is 0 Å². The van der Waals surface area contributed by atoms with Crippen LogP contribution in [0.25, 0.3) is 0 Å². The molecule has 5 nitrogen and oxygen atoms in total. The maximum atomic E-state index is 11.7. The van der Waals surface area contributed by atoms with Gasteiger partial charge in [0.05, 0.1) is 19.3 Å². The van der Waals surface area contributed by atoms with Gasteiger partial charge in [0.1, 0.15) is 0 Å². The highest BCUT2D eigenvalue weighted by Crippen LogP contribution is 2.11. The number of nitrogens with one attached hydrogen (secondary N) is 2. The Bertz CT molecular complexity index is 249. The highest BCUT2D eigenvalue weighted by molar-refractivity contribution is 5.76. The van der Waals surface area contributed by atoms with Crippen molar-refractivity contribution in [2.75, 3.05) is 32.9 Å². The van der Waals surface area contributed by atoms with E-state index in [4.69, 9.17) is 9.47 Å². The lowest BCUT2D eigenvalue weighted by atomic mass is 10.1. The lowest BCUT2D eigenvalue weighted by molar-refractivity contribution is -0.123. The molecule has 2 atom stereocenters. The van der Waals surface area contributed by atoms with E-state index in [9.17, 15) is 4.79 Å². The first-order chi connectivity index (χ1) is 8.84. The molecule has 0 aliphatic carbocycles. The Morgan fingerprint density at radius 3 is 3.06 bits per heavy atom. The molecule has 1 amide bonds. The van der Waals surface area contributed by atoms with E-state index in [1.165, 1.54) is 0 Å². The molecule has 0 saturated carbocycles. The number of hydrogen-bond donors (Lipinski definition) is 2. The topological polar surface area (TPSA) is 59.6 Å². The summed E-state index contributed by atoms with van der Waals surface area (Å²) in [6, 6.07) is 0.296. The predicted octanol–water partition coefficient (Wildman–Crippen LogP) is 0.440.